The third-order valence-electron chi connectivity index (χ3n) is 5.40. The van der Waals surface area contributed by atoms with E-state index < -0.39 is 24.0 Å². The van der Waals surface area contributed by atoms with Crippen LogP contribution in [0.15, 0.2) is 36.5 Å². The van der Waals surface area contributed by atoms with Gasteiger partial charge in [-0.05, 0) is 37.0 Å². The molecule has 35 heavy (non-hydrogen) atoms. The summed E-state index contributed by atoms with van der Waals surface area (Å²) in [6.45, 7) is 12.4. The highest BCUT2D eigenvalue weighted by Gasteiger charge is 2.18. The topological polar surface area (TPSA) is 78.9 Å². The fraction of sp³-hybridized carbons (Fsp3) is 0.690. The molecule has 0 fully saturated rings. The average molecular weight is 493 g/mol. The first-order chi connectivity index (χ1) is 16.7. The lowest BCUT2D eigenvalue weighted by molar-refractivity contribution is -0.165. The number of esters is 3. The van der Waals surface area contributed by atoms with Crippen LogP contribution in [-0.2, 0) is 28.6 Å². The molecule has 0 aromatic carbocycles. The van der Waals surface area contributed by atoms with Gasteiger partial charge in [-0.2, -0.15) is 0 Å². The van der Waals surface area contributed by atoms with Crippen LogP contribution < -0.4 is 0 Å². The van der Waals surface area contributed by atoms with Gasteiger partial charge in [0.1, 0.15) is 13.2 Å². The SMILES string of the molecule is CCCC(C)C=CCC(=O)OCC(COC(=O)CC=CCC(C)C)OC(=O)CC=CCC(C)CC. The lowest BCUT2D eigenvalue weighted by Crippen LogP contribution is -2.30. The first-order valence-corrected chi connectivity index (χ1v) is 13.1. The molecule has 0 aromatic heterocycles. The van der Waals surface area contributed by atoms with E-state index in [-0.39, 0.29) is 32.5 Å². The highest BCUT2D eigenvalue weighted by Crippen LogP contribution is 2.09. The van der Waals surface area contributed by atoms with E-state index in [0.717, 1.165) is 32.1 Å². The van der Waals surface area contributed by atoms with Crippen molar-refractivity contribution in [1.82, 2.24) is 0 Å². The van der Waals surface area contributed by atoms with Crippen molar-refractivity contribution in [3.05, 3.63) is 36.5 Å². The average Bonchev–Trinajstić information content (AvgIpc) is 2.81. The Balaban J connectivity index is 4.74. The molecule has 200 valence electrons. The minimum absolute atomic E-state index is 0.116. The molecule has 0 spiro atoms. The Morgan fingerprint density at radius 3 is 1.80 bits per heavy atom. The van der Waals surface area contributed by atoms with Gasteiger partial charge < -0.3 is 14.2 Å². The van der Waals surface area contributed by atoms with Crippen LogP contribution in [0, 0.1) is 17.8 Å². The smallest absolute Gasteiger partial charge is 0.310 e. The van der Waals surface area contributed by atoms with E-state index >= 15 is 0 Å². The van der Waals surface area contributed by atoms with Crippen molar-refractivity contribution in [3.8, 4) is 0 Å². The molecule has 0 aromatic rings. The molecule has 0 aliphatic rings. The van der Waals surface area contributed by atoms with E-state index in [1.54, 1.807) is 18.2 Å². The van der Waals surface area contributed by atoms with Crippen LogP contribution in [0.25, 0.3) is 0 Å². The highest BCUT2D eigenvalue weighted by atomic mass is 16.6. The third kappa shape index (κ3) is 20.7. The summed E-state index contributed by atoms with van der Waals surface area (Å²) in [6.07, 6.45) is 15.9. The molecule has 0 saturated heterocycles. The van der Waals surface area contributed by atoms with Crippen LogP contribution >= 0.6 is 0 Å². The van der Waals surface area contributed by atoms with Gasteiger partial charge in [-0.15, -0.1) is 0 Å². The predicted molar refractivity (Wildman–Crippen MR) is 141 cm³/mol. The number of hydrogen-bond donors (Lipinski definition) is 0. The molecule has 0 radical (unpaired) electrons. The Bertz CT molecular complexity index is 677. The summed E-state index contributed by atoms with van der Waals surface area (Å²) < 4.78 is 16.0. The molecule has 0 amide bonds. The molecule has 3 unspecified atom stereocenters. The molecule has 0 aliphatic carbocycles. The lowest BCUT2D eigenvalue weighted by Gasteiger charge is -2.17. The van der Waals surface area contributed by atoms with E-state index in [2.05, 4.69) is 41.5 Å². The largest absolute Gasteiger partial charge is 0.461 e. The van der Waals surface area contributed by atoms with E-state index in [4.69, 9.17) is 14.2 Å². The van der Waals surface area contributed by atoms with Crippen molar-refractivity contribution >= 4 is 17.9 Å². The molecule has 0 bridgehead atoms. The standard InChI is InChI=1S/C29H48O6/c1-7-14-25(6)17-13-20-28(31)34-22-26(21-33-27(30)18-11-9-15-23(3)4)35-29(32)19-12-10-16-24(5)8-2/h9-13,17,23-26H,7-8,14-16,18-22H2,1-6H3. The van der Waals surface area contributed by atoms with E-state index in [9.17, 15) is 14.4 Å². The Morgan fingerprint density at radius 1 is 0.714 bits per heavy atom. The van der Waals surface area contributed by atoms with Gasteiger partial charge in [0.15, 0.2) is 6.10 Å². The number of ether oxygens (including phenoxy) is 3. The van der Waals surface area contributed by atoms with Crippen molar-refractivity contribution in [1.29, 1.82) is 0 Å². The van der Waals surface area contributed by atoms with Crippen LogP contribution in [0.3, 0.4) is 0 Å². The number of hydrogen-bond acceptors (Lipinski definition) is 6. The second-order valence-corrected chi connectivity index (χ2v) is 9.61. The molecule has 0 rings (SSSR count). The fourth-order valence-electron chi connectivity index (χ4n) is 3.01. The molecular weight excluding hydrogens is 444 g/mol. The Morgan fingerprint density at radius 2 is 1.26 bits per heavy atom. The summed E-state index contributed by atoms with van der Waals surface area (Å²) >= 11 is 0. The van der Waals surface area contributed by atoms with Gasteiger partial charge in [0.25, 0.3) is 0 Å². The van der Waals surface area contributed by atoms with Crippen LogP contribution in [0.4, 0.5) is 0 Å². The summed E-state index contributed by atoms with van der Waals surface area (Å²) in [4.78, 5) is 36.4. The summed E-state index contributed by atoms with van der Waals surface area (Å²) in [5.74, 6) is 0.199. The Labute approximate surface area is 213 Å². The van der Waals surface area contributed by atoms with Gasteiger partial charge in [0, 0.05) is 0 Å². The lowest BCUT2D eigenvalue weighted by atomic mass is 10.1. The van der Waals surface area contributed by atoms with Crippen LogP contribution in [-0.4, -0.2) is 37.2 Å². The summed E-state index contributed by atoms with van der Waals surface area (Å²) in [6, 6.07) is 0. The predicted octanol–water partition coefficient (Wildman–Crippen LogP) is 6.74. The van der Waals surface area contributed by atoms with E-state index in [0.29, 0.717) is 17.8 Å². The minimum Gasteiger partial charge on any atom is -0.461 e. The van der Waals surface area contributed by atoms with Crippen LogP contribution in [0.2, 0.25) is 0 Å². The molecule has 0 N–H and O–H groups in total. The maximum Gasteiger partial charge on any atom is 0.310 e. The second kappa shape index (κ2) is 21.0. The van der Waals surface area contributed by atoms with Gasteiger partial charge in [-0.1, -0.05) is 90.8 Å². The molecule has 0 heterocycles. The monoisotopic (exact) mass is 492 g/mol. The fourth-order valence-corrected chi connectivity index (χ4v) is 3.01. The Hall–Kier alpha value is -2.37. The summed E-state index contributed by atoms with van der Waals surface area (Å²) in [5.41, 5.74) is 0. The van der Waals surface area contributed by atoms with E-state index in [1.807, 2.05) is 18.2 Å². The third-order valence-corrected chi connectivity index (χ3v) is 5.40. The number of rotatable bonds is 19. The quantitative estimate of drug-likeness (QED) is 0.113. The highest BCUT2D eigenvalue weighted by molar-refractivity contribution is 5.73. The molecule has 0 saturated carbocycles. The number of allylic oxidation sites excluding steroid dienone is 3. The van der Waals surface area contributed by atoms with Gasteiger partial charge in [-0.25, -0.2) is 0 Å². The molecule has 6 nitrogen and oxygen atoms in total. The van der Waals surface area contributed by atoms with Crippen molar-refractivity contribution < 1.29 is 28.6 Å². The zero-order valence-corrected chi connectivity index (χ0v) is 22.8. The van der Waals surface area contributed by atoms with E-state index in [1.165, 1.54) is 0 Å². The molecule has 6 heteroatoms. The zero-order chi connectivity index (χ0) is 26.5. The van der Waals surface area contributed by atoms with Gasteiger partial charge in [-0.3, -0.25) is 14.4 Å². The normalized spacial score (nSPS) is 14.5. The first-order valence-electron chi connectivity index (χ1n) is 13.1. The maximum absolute atomic E-state index is 12.3. The van der Waals surface area contributed by atoms with Crippen molar-refractivity contribution in [2.45, 2.75) is 99.0 Å². The van der Waals surface area contributed by atoms with Crippen molar-refractivity contribution in [2.24, 2.45) is 17.8 Å². The summed E-state index contributed by atoms with van der Waals surface area (Å²) in [7, 11) is 0. The second-order valence-electron chi connectivity index (χ2n) is 9.61. The Kier molecular flexibility index (Phi) is 19.5. The first kappa shape index (κ1) is 32.6. The van der Waals surface area contributed by atoms with Crippen molar-refractivity contribution in [3.63, 3.8) is 0 Å². The van der Waals surface area contributed by atoms with Crippen LogP contribution in [0.5, 0.6) is 0 Å². The number of carbonyl (C=O) groups excluding carboxylic acids is 3. The van der Waals surface area contributed by atoms with Gasteiger partial charge in [0.2, 0.25) is 0 Å². The zero-order valence-electron chi connectivity index (χ0n) is 22.8. The molecular formula is C29H48O6. The molecule has 0 aliphatic heterocycles. The van der Waals surface area contributed by atoms with Crippen LogP contribution in [0.1, 0.15) is 92.9 Å². The molecule has 3 atom stereocenters. The van der Waals surface area contributed by atoms with Gasteiger partial charge >= 0.3 is 17.9 Å². The minimum atomic E-state index is -0.846. The number of carbonyl (C=O) groups is 3. The summed E-state index contributed by atoms with van der Waals surface area (Å²) in [5, 5.41) is 0. The maximum atomic E-state index is 12.3. The van der Waals surface area contributed by atoms with Gasteiger partial charge in [0.05, 0.1) is 19.3 Å². The van der Waals surface area contributed by atoms with Crippen molar-refractivity contribution in [2.75, 3.05) is 13.2 Å².